The quantitative estimate of drug-likeness (QED) is 0.930. The van der Waals surface area contributed by atoms with E-state index in [1.807, 2.05) is 0 Å². The fourth-order valence-electron chi connectivity index (χ4n) is 3.52. The van der Waals surface area contributed by atoms with Crippen molar-refractivity contribution in [2.24, 2.45) is 5.92 Å². The predicted octanol–water partition coefficient (Wildman–Crippen LogP) is 3.80. The second-order valence-electron chi connectivity index (χ2n) is 6.57. The number of aromatic carboxylic acids is 1. The number of carboxylic acid groups (broad SMARTS) is 1. The Balaban J connectivity index is 1.61. The molecule has 124 valence electrons. The maximum atomic E-state index is 11.1. The number of hydrogen-bond acceptors (Lipinski definition) is 4. The molecule has 1 fully saturated rings. The van der Waals surface area contributed by atoms with Crippen LogP contribution in [0.4, 0.5) is 0 Å². The first kappa shape index (κ1) is 15.0. The highest BCUT2D eigenvalue weighted by atomic mass is 16.4. The van der Waals surface area contributed by atoms with Gasteiger partial charge in [-0.25, -0.2) is 9.78 Å². The van der Waals surface area contributed by atoms with Gasteiger partial charge in [-0.2, -0.15) is 0 Å². The summed E-state index contributed by atoms with van der Waals surface area (Å²) in [7, 11) is 0. The molecule has 1 saturated heterocycles. The van der Waals surface area contributed by atoms with Crippen LogP contribution in [0.3, 0.4) is 0 Å². The third-order valence-electron chi connectivity index (χ3n) is 4.88. The fourth-order valence-corrected chi connectivity index (χ4v) is 3.52. The Kier molecular flexibility index (Phi) is 3.63. The lowest BCUT2D eigenvalue weighted by Crippen LogP contribution is -2.21. The summed E-state index contributed by atoms with van der Waals surface area (Å²) in [6, 6.07) is 4.79. The van der Waals surface area contributed by atoms with E-state index in [9.17, 15) is 4.79 Å². The Morgan fingerprint density at radius 1 is 1.33 bits per heavy atom. The van der Waals surface area contributed by atoms with Crippen LogP contribution in [0.5, 0.6) is 0 Å². The van der Waals surface area contributed by atoms with Gasteiger partial charge in [-0.15, -0.1) is 0 Å². The van der Waals surface area contributed by atoms with Crippen LogP contribution >= 0.6 is 0 Å². The lowest BCUT2D eigenvalue weighted by atomic mass is 9.88. The second-order valence-corrected chi connectivity index (χ2v) is 6.57. The van der Waals surface area contributed by atoms with Crippen LogP contribution in [0, 0.1) is 5.92 Å². The topological polar surface area (TPSA) is 66.6 Å². The van der Waals surface area contributed by atoms with Crippen molar-refractivity contribution in [1.82, 2.24) is 9.88 Å². The summed E-state index contributed by atoms with van der Waals surface area (Å²) in [5, 5.41) is 9.09. The van der Waals surface area contributed by atoms with Gasteiger partial charge >= 0.3 is 5.97 Å². The van der Waals surface area contributed by atoms with E-state index in [0.29, 0.717) is 17.0 Å². The van der Waals surface area contributed by atoms with Gasteiger partial charge in [0.05, 0.1) is 11.5 Å². The van der Waals surface area contributed by atoms with Gasteiger partial charge in [0.1, 0.15) is 5.52 Å². The van der Waals surface area contributed by atoms with E-state index in [-0.39, 0.29) is 17.4 Å². The van der Waals surface area contributed by atoms with E-state index in [4.69, 9.17) is 9.52 Å². The number of oxazole rings is 1. The number of fused-ring (bicyclic) bond motifs is 1. The number of rotatable bonds is 3. The zero-order valence-corrected chi connectivity index (χ0v) is 13.6. The van der Waals surface area contributed by atoms with Gasteiger partial charge in [-0.1, -0.05) is 19.1 Å². The molecule has 0 saturated carbocycles. The molecule has 2 aromatic rings. The average Bonchev–Trinajstić information content (AvgIpc) is 3.23. The molecule has 24 heavy (non-hydrogen) atoms. The van der Waals surface area contributed by atoms with Crippen LogP contribution in [0.15, 0.2) is 46.5 Å². The molecule has 2 aliphatic rings. The van der Waals surface area contributed by atoms with Crippen LogP contribution in [0.1, 0.15) is 41.9 Å². The molecule has 2 atom stereocenters. The van der Waals surface area contributed by atoms with Gasteiger partial charge in [0.25, 0.3) is 0 Å². The molecule has 4 rings (SSSR count). The van der Waals surface area contributed by atoms with Crippen molar-refractivity contribution in [3.05, 3.63) is 53.6 Å². The molecule has 1 aromatic heterocycles. The minimum atomic E-state index is -0.953. The summed E-state index contributed by atoms with van der Waals surface area (Å²) in [6.45, 7) is 4.44. The molecule has 1 aliphatic carbocycles. The summed E-state index contributed by atoms with van der Waals surface area (Å²) in [4.78, 5) is 18.0. The Morgan fingerprint density at radius 3 is 2.83 bits per heavy atom. The molecule has 2 heterocycles. The van der Waals surface area contributed by atoms with Gasteiger partial charge in [0.2, 0.25) is 5.89 Å². The normalized spacial score (nSPS) is 23.7. The average molecular weight is 324 g/mol. The molecule has 5 nitrogen and oxygen atoms in total. The highest BCUT2D eigenvalue weighted by Gasteiger charge is 2.26. The van der Waals surface area contributed by atoms with Crippen molar-refractivity contribution < 1.29 is 14.3 Å². The van der Waals surface area contributed by atoms with Gasteiger partial charge in [-0.05, 0) is 43.0 Å². The first-order chi connectivity index (χ1) is 11.6. The molecule has 0 bridgehead atoms. The van der Waals surface area contributed by atoms with Crippen LogP contribution in [-0.4, -0.2) is 34.0 Å². The maximum Gasteiger partial charge on any atom is 0.335 e. The summed E-state index contributed by atoms with van der Waals surface area (Å²) < 4.78 is 5.88. The van der Waals surface area contributed by atoms with Crippen LogP contribution < -0.4 is 0 Å². The Bertz CT molecular complexity index is 843. The van der Waals surface area contributed by atoms with E-state index < -0.39 is 5.97 Å². The van der Waals surface area contributed by atoms with Gasteiger partial charge in [-0.3, -0.25) is 0 Å². The molecule has 1 aromatic carbocycles. The summed E-state index contributed by atoms with van der Waals surface area (Å²) in [5.41, 5.74) is 2.75. The molecule has 2 unspecified atom stereocenters. The van der Waals surface area contributed by atoms with Crippen molar-refractivity contribution in [3.8, 4) is 0 Å². The van der Waals surface area contributed by atoms with E-state index >= 15 is 0 Å². The van der Waals surface area contributed by atoms with Crippen molar-refractivity contribution >= 4 is 17.1 Å². The Morgan fingerprint density at radius 2 is 2.12 bits per heavy atom. The standard InChI is InChI=1S/C19H20N2O3/c1-12-10-14(21-8-2-3-9-21)5-6-15(12)18-20-16-11-13(19(22)23)4-7-17(16)24-18/h4-7,10-12,15H,2-3,8-9H2,1H3,(H,22,23). The third-order valence-corrected chi connectivity index (χ3v) is 4.88. The SMILES string of the molecule is CC1C=C(N2CCCC2)C=CC1c1nc2cc(C(=O)O)ccc2o1. The summed E-state index contributed by atoms with van der Waals surface area (Å²) >= 11 is 0. The highest BCUT2D eigenvalue weighted by molar-refractivity contribution is 5.91. The van der Waals surface area contributed by atoms with Crippen LogP contribution in [-0.2, 0) is 0 Å². The Labute approximate surface area is 140 Å². The molecule has 0 spiro atoms. The molecule has 1 N–H and O–H groups in total. The van der Waals surface area contributed by atoms with Gasteiger partial charge < -0.3 is 14.4 Å². The molecule has 0 amide bonds. The third kappa shape index (κ3) is 2.60. The van der Waals surface area contributed by atoms with Gasteiger partial charge in [0, 0.05) is 18.8 Å². The van der Waals surface area contributed by atoms with Crippen molar-refractivity contribution in [1.29, 1.82) is 0 Å². The van der Waals surface area contributed by atoms with Crippen molar-refractivity contribution in [2.45, 2.75) is 25.7 Å². The first-order valence-electron chi connectivity index (χ1n) is 8.40. The second kappa shape index (κ2) is 5.82. The maximum absolute atomic E-state index is 11.1. The number of likely N-dealkylation sites (tertiary alicyclic amines) is 1. The number of allylic oxidation sites excluding steroid dienone is 3. The zero-order chi connectivity index (χ0) is 16.7. The van der Waals surface area contributed by atoms with Crippen molar-refractivity contribution in [2.75, 3.05) is 13.1 Å². The molecular weight excluding hydrogens is 304 g/mol. The smallest absolute Gasteiger partial charge is 0.335 e. The zero-order valence-electron chi connectivity index (χ0n) is 13.6. The first-order valence-corrected chi connectivity index (χ1v) is 8.40. The summed E-state index contributed by atoms with van der Waals surface area (Å²) in [6.07, 6.45) is 9.13. The lowest BCUT2D eigenvalue weighted by Gasteiger charge is -2.26. The van der Waals surface area contributed by atoms with E-state index in [1.165, 1.54) is 18.5 Å². The van der Waals surface area contributed by atoms with Gasteiger partial charge in [0.15, 0.2) is 5.58 Å². The lowest BCUT2D eigenvalue weighted by molar-refractivity contribution is 0.0697. The molecular formula is C19H20N2O3. The van der Waals surface area contributed by atoms with Crippen molar-refractivity contribution in [3.63, 3.8) is 0 Å². The van der Waals surface area contributed by atoms with Crippen LogP contribution in [0.2, 0.25) is 0 Å². The summed E-state index contributed by atoms with van der Waals surface area (Å²) in [5.74, 6) is 0.0632. The number of carboxylic acids is 1. The van der Waals surface area contributed by atoms with E-state index in [1.54, 1.807) is 18.2 Å². The number of aromatic nitrogens is 1. The minimum absolute atomic E-state index is 0.0806. The monoisotopic (exact) mass is 324 g/mol. The number of hydrogen-bond donors (Lipinski definition) is 1. The van der Waals surface area contributed by atoms with E-state index in [0.717, 1.165) is 13.1 Å². The number of carbonyl (C=O) groups is 1. The Hall–Kier alpha value is -2.56. The minimum Gasteiger partial charge on any atom is -0.478 e. The molecule has 0 radical (unpaired) electrons. The van der Waals surface area contributed by atoms with E-state index in [2.05, 4.69) is 35.0 Å². The predicted molar refractivity (Wildman–Crippen MR) is 90.9 cm³/mol. The highest BCUT2D eigenvalue weighted by Crippen LogP contribution is 2.34. The van der Waals surface area contributed by atoms with Crippen LogP contribution in [0.25, 0.3) is 11.1 Å². The molecule has 5 heteroatoms. The number of benzene rings is 1. The number of nitrogens with zero attached hydrogens (tertiary/aromatic N) is 2. The largest absolute Gasteiger partial charge is 0.478 e. The molecule has 1 aliphatic heterocycles. The fraction of sp³-hybridized carbons (Fsp3) is 0.368.